The fourth-order valence-corrected chi connectivity index (χ4v) is 2.90. The number of fused-ring (bicyclic) bond motifs is 1. The van der Waals surface area contributed by atoms with Crippen molar-refractivity contribution in [3.63, 3.8) is 0 Å². The average molecular weight is 351 g/mol. The first-order valence-electron chi connectivity index (χ1n) is 8.50. The van der Waals surface area contributed by atoms with Crippen molar-refractivity contribution in [2.75, 3.05) is 17.2 Å². The van der Waals surface area contributed by atoms with Gasteiger partial charge >= 0.3 is 6.03 Å². The van der Waals surface area contributed by atoms with E-state index < -0.39 is 6.03 Å². The van der Waals surface area contributed by atoms with Gasteiger partial charge in [0.25, 0.3) is 11.8 Å². The van der Waals surface area contributed by atoms with Crippen LogP contribution >= 0.6 is 0 Å². The first-order chi connectivity index (χ1) is 12.4. The SMILES string of the molecule is Cc1ccccc1NC(=O)Nc1ccc2c(c1)C(=O)N(CC(C)C)C2=O. The van der Waals surface area contributed by atoms with Crippen LogP contribution in [-0.4, -0.2) is 29.3 Å². The van der Waals surface area contributed by atoms with Crippen LogP contribution in [0.5, 0.6) is 0 Å². The molecule has 26 heavy (non-hydrogen) atoms. The summed E-state index contributed by atoms with van der Waals surface area (Å²) >= 11 is 0. The van der Waals surface area contributed by atoms with Crippen LogP contribution in [0.1, 0.15) is 40.1 Å². The Morgan fingerprint density at radius 1 is 1.00 bits per heavy atom. The van der Waals surface area contributed by atoms with Gasteiger partial charge in [-0.15, -0.1) is 0 Å². The molecule has 0 aromatic heterocycles. The molecule has 1 aliphatic rings. The van der Waals surface area contributed by atoms with Crippen molar-refractivity contribution in [3.8, 4) is 0 Å². The number of rotatable bonds is 4. The third-order valence-corrected chi connectivity index (χ3v) is 4.17. The van der Waals surface area contributed by atoms with E-state index in [9.17, 15) is 14.4 Å². The normalized spacial score (nSPS) is 13.2. The number of carbonyl (C=O) groups excluding carboxylic acids is 3. The number of benzene rings is 2. The second kappa shape index (κ2) is 7.00. The van der Waals surface area contributed by atoms with Crippen LogP contribution in [0.2, 0.25) is 0 Å². The molecule has 0 unspecified atom stereocenters. The second-order valence-electron chi connectivity index (χ2n) is 6.77. The van der Waals surface area contributed by atoms with Gasteiger partial charge in [-0.2, -0.15) is 0 Å². The summed E-state index contributed by atoms with van der Waals surface area (Å²) in [4.78, 5) is 38.3. The molecule has 6 heteroatoms. The van der Waals surface area contributed by atoms with Crippen molar-refractivity contribution >= 4 is 29.2 Å². The quantitative estimate of drug-likeness (QED) is 0.820. The molecular weight excluding hydrogens is 330 g/mol. The monoisotopic (exact) mass is 351 g/mol. The summed E-state index contributed by atoms with van der Waals surface area (Å²) in [5.74, 6) is -0.411. The number of hydrogen-bond acceptors (Lipinski definition) is 3. The number of hydrogen-bond donors (Lipinski definition) is 2. The molecule has 0 radical (unpaired) electrons. The molecule has 3 rings (SSSR count). The molecule has 2 aromatic rings. The summed E-state index contributed by atoms with van der Waals surface area (Å²) < 4.78 is 0. The minimum atomic E-state index is -0.407. The number of nitrogens with zero attached hydrogens (tertiary/aromatic N) is 1. The van der Waals surface area contributed by atoms with E-state index in [0.29, 0.717) is 29.0 Å². The first kappa shape index (κ1) is 17.7. The van der Waals surface area contributed by atoms with Gasteiger partial charge in [0, 0.05) is 17.9 Å². The summed E-state index contributed by atoms with van der Waals surface area (Å²) in [6.45, 7) is 6.18. The Kier molecular flexibility index (Phi) is 4.75. The lowest BCUT2D eigenvalue weighted by Crippen LogP contribution is -2.33. The second-order valence-corrected chi connectivity index (χ2v) is 6.77. The van der Waals surface area contributed by atoms with Crippen LogP contribution < -0.4 is 10.6 Å². The molecule has 0 saturated heterocycles. The first-order valence-corrected chi connectivity index (χ1v) is 8.50. The van der Waals surface area contributed by atoms with Crippen molar-refractivity contribution in [1.82, 2.24) is 4.90 Å². The molecule has 0 fully saturated rings. The molecule has 0 saturated carbocycles. The molecule has 0 bridgehead atoms. The maximum atomic E-state index is 12.5. The molecule has 2 N–H and O–H groups in total. The van der Waals surface area contributed by atoms with Gasteiger partial charge in [-0.3, -0.25) is 14.5 Å². The Morgan fingerprint density at radius 2 is 1.69 bits per heavy atom. The lowest BCUT2D eigenvalue weighted by Gasteiger charge is -2.15. The number of anilines is 2. The number of carbonyl (C=O) groups is 3. The zero-order chi connectivity index (χ0) is 18.8. The molecule has 134 valence electrons. The standard InChI is InChI=1S/C20H21N3O3/c1-12(2)11-23-18(24)15-9-8-14(10-16(15)19(23)25)21-20(26)22-17-7-5-4-6-13(17)3/h4-10,12H,11H2,1-3H3,(H2,21,22,26). The van der Waals surface area contributed by atoms with Crippen LogP contribution in [0.25, 0.3) is 0 Å². The molecule has 0 atom stereocenters. The molecule has 1 heterocycles. The zero-order valence-electron chi connectivity index (χ0n) is 15.0. The Bertz CT molecular complexity index is 890. The summed E-state index contributed by atoms with van der Waals surface area (Å²) in [6, 6.07) is 11.8. The molecule has 1 aliphatic heterocycles. The largest absolute Gasteiger partial charge is 0.323 e. The van der Waals surface area contributed by atoms with Gasteiger partial charge in [-0.05, 0) is 42.7 Å². The molecular formula is C20H21N3O3. The van der Waals surface area contributed by atoms with Crippen molar-refractivity contribution in [1.29, 1.82) is 0 Å². The van der Waals surface area contributed by atoms with Gasteiger partial charge in [0.15, 0.2) is 0 Å². The summed E-state index contributed by atoms with van der Waals surface area (Å²) in [5.41, 5.74) is 2.81. The third kappa shape index (κ3) is 3.44. The van der Waals surface area contributed by atoms with E-state index in [0.717, 1.165) is 5.56 Å². The van der Waals surface area contributed by atoms with E-state index in [1.807, 2.05) is 45.0 Å². The van der Waals surface area contributed by atoms with Gasteiger partial charge in [0.1, 0.15) is 0 Å². The number of urea groups is 1. The predicted molar refractivity (Wildman–Crippen MR) is 100 cm³/mol. The highest BCUT2D eigenvalue weighted by atomic mass is 16.2. The highest BCUT2D eigenvalue weighted by Gasteiger charge is 2.35. The van der Waals surface area contributed by atoms with E-state index in [2.05, 4.69) is 10.6 Å². The van der Waals surface area contributed by atoms with Crippen molar-refractivity contribution < 1.29 is 14.4 Å². The fourth-order valence-electron chi connectivity index (χ4n) is 2.90. The molecule has 0 aliphatic carbocycles. The molecule has 0 spiro atoms. The summed E-state index contributed by atoms with van der Waals surface area (Å²) in [7, 11) is 0. The van der Waals surface area contributed by atoms with E-state index in [-0.39, 0.29) is 17.7 Å². The van der Waals surface area contributed by atoms with E-state index in [1.165, 1.54) is 4.90 Å². The minimum Gasteiger partial charge on any atom is -0.308 e. The van der Waals surface area contributed by atoms with Crippen molar-refractivity contribution in [2.24, 2.45) is 5.92 Å². The Balaban J connectivity index is 1.75. The third-order valence-electron chi connectivity index (χ3n) is 4.17. The van der Waals surface area contributed by atoms with Crippen LogP contribution in [0.4, 0.5) is 16.2 Å². The predicted octanol–water partition coefficient (Wildman–Crippen LogP) is 3.89. The van der Waals surface area contributed by atoms with Crippen molar-refractivity contribution in [3.05, 3.63) is 59.2 Å². The lowest BCUT2D eigenvalue weighted by molar-refractivity contribution is 0.0636. The highest BCUT2D eigenvalue weighted by Crippen LogP contribution is 2.26. The van der Waals surface area contributed by atoms with Crippen LogP contribution in [0.15, 0.2) is 42.5 Å². The average Bonchev–Trinajstić information content (AvgIpc) is 2.81. The van der Waals surface area contributed by atoms with E-state index in [1.54, 1.807) is 18.2 Å². The van der Waals surface area contributed by atoms with E-state index in [4.69, 9.17) is 0 Å². The Hall–Kier alpha value is -3.15. The summed E-state index contributed by atoms with van der Waals surface area (Å²) in [6.07, 6.45) is 0. The number of nitrogens with one attached hydrogen (secondary N) is 2. The minimum absolute atomic E-state index is 0.190. The van der Waals surface area contributed by atoms with Gasteiger partial charge in [0.05, 0.1) is 11.1 Å². The number of imide groups is 1. The van der Waals surface area contributed by atoms with Crippen LogP contribution in [0.3, 0.4) is 0 Å². The van der Waals surface area contributed by atoms with E-state index >= 15 is 0 Å². The van der Waals surface area contributed by atoms with Crippen LogP contribution in [0, 0.1) is 12.8 Å². The Labute approximate surface area is 152 Å². The number of para-hydroxylation sites is 1. The fraction of sp³-hybridized carbons (Fsp3) is 0.250. The molecule has 2 aromatic carbocycles. The Morgan fingerprint density at radius 3 is 2.38 bits per heavy atom. The number of aryl methyl sites for hydroxylation is 1. The highest BCUT2D eigenvalue weighted by molar-refractivity contribution is 6.22. The number of amides is 4. The van der Waals surface area contributed by atoms with Gasteiger partial charge in [0.2, 0.25) is 0 Å². The topological polar surface area (TPSA) is 78.5 Å². The molecule has 6 nitrogen and oxygen atoms in total. The van der Waals surface area contributed by atoms with Gasteiger partial charge in [-0.1, -0.05) is 32.0 Å². The lowest BCUT2D eigenvalue weighted by atomic mass is 10.1. The molecule has 4 amide bonds. The van der Waals surface area contributed by atoms with Crippen LogP contribution in [-0.2, 0) is 0 Å². The van der Waals surface area contributed by atoms with Gasteiger partial charge in [-0.25, -0.2) is 4.79 Å². The maximum Gasteiger partial charge on any atom is 0.323 e. The maximum absolute atomic E-state index is 12.5. The summed E-state index contributed by atoms with van der Waals surface area (Å²) in [5, 5.41) is 5.48. The van der Waals surface area contributed by atoms with Gasteiger partial charge < -0.3 is 10.6 Å². The zero-order valence-corrected chi connectivity index (χ0v) is 15.0. The smallest absolute Gasteiger partial charge is 0.308 e. The van der Waals surface area contributed by atoms with Crippen molar-refractivity contribution in [2.45, 2.75) is 20.8 Å².